The van der Waals surface area contributed by atoms with Gasteiger partial charge in [0.05, 0.1) is 36.5 Å². The third-order valence-corrected chi connectivity index (χ3v) is 4.39. The summed E-state index contributed by atoms with van der Waals surface area (Å²) < 4.78 is 9.99. The number of nitrogens with zero attached hydrogens (tertiary/aromatic N) is 1. The molecule has 0 saturated carbocycles. The fraction of sp³-hybridized carbons (Fsp3) is 0.158. The molecule has 150 valence electrons. The molecule has 1 aliphatic rings. The molecule has 0 radical (unpaired) electrons. The molecule has 0 bridgehead atoms. The van der Waals surface area contributed by atoms with Crippen LogP contribution in [0.2, 0.25) is 0 Å². The standard InChI is InChI=1S/C19H17N3O7/c1-28-12-6-3-10(4-7-12)16-15(18(24)29-2)17(21-19(25)20-16)11-5-8-14(23)13(9-11)22(26)27/h3-9,17,23H,1-2H3,(H2,20,21,25). The number of rotatable bonds is 5. The minimum Gasteiger partial charge on any atom is -0.502 e. The van der Waals surface area contributed by atoms with Crippen LogP contribution in [0.4, 0.5) is 10.5 Å². The van der Waals surface area contributed by atoms with E-state index in [4.69, 9.17) is 9.47 Å². The van der Waals surface area contributed by atoms with E-state index < -0.39 is 34.4 Å². The van der Waals surface area contributed by atoms with E-state index in [0.29, 0.717) is 11.3 Å². The first-order valence-electron chi connectivity index (χ1n) is 8.37. The Bertz CT molecular complexity index is 1010. The van der Waals surface area contributed by atoms with E-state index in [1.165, 1.54) is 20.3 Å². The number of ether oxygens (including phenoxy) is 2. The molecule has 10 heteroatoms. The highest BCUT2D eigenvalue weighted by Crippen LogP contribution is 2.36. The number of amides is 2. The SMILES string of the molecule is COC(=O)C1=C(c2ccc(OC)cc2)NC(=O)NC1c1ccc(O)c([N+](=O)[O-])c1. The number of carbonyl (C=O) groups is 2. The number of nitro benzene ring substituents is 1. The van der Waals surface area contributed by atoms with Gasteiger partial charge in [-0.25, -0.2) is 9.59 Å². The molecule has 0 aromatic heterocycles. The van der Waals surface area contributed by atoms with Crippen LogP contribution < -0.4 is 15.4 Å². The lowest BCUT2D eigenvalue weighted by molar-refractivity contribution is -0.385. The molecule has 1 aliphatic heterocycles. The van der Waals surface area contributed by atoms with E-state index in [-0.39, 0.29) is 16.8 Å². The van der Waals surface area contributed by atoms with E-state index in [1.807, 2.05) is 0 Å². The van der Waals surface area contributed by atoms with Gasteiger partial charge in [0, 0.05) is 6.07 Å². The van der Waals surface area contributed by atoms with Gasteiger partial charge in [-0.3, -0.25) is 10.1 Å². The summed E-state index contributed by atoms with van der Waals surface area (Å²) in [6, 6.07) is 8.59. The highest BCUT2D eigenvalue weighted by atomic mass is 16.6. The Hall–Kier alpha value is -4.08. The van der Waals surface area contributed by atoms with E-state index >= 15 is 0 Å². The molecule has 0 spiro atoms. The Kier molecular flexibility index (Phi) is 5.35. The number of nitrogens with one attached hydrogen (secondary N) is 2. The van der Waals surface area contributed by atoms with Crippen LogP contribution in [0.25, 0.3) is 5.70 Å². The Morgan fingerprint density at radius 3 is 2.45 bits per heavy atom. The first-order valence-corrected chi connectivity index (χ1v) is 8.37. The summed E-state index contributed by atoms with van der Waals surface area (Å²) in [5.74, 6) is -0.679. The lowest BCUT2D eigenvalue weighted by atomic mass is 9.92. The molecule has 3 N–H and O–H groups in total. The number of aromatic hydroxyl groups is 1. The monoisotopic (exact) mass is 399 g/mol. The molecule has 1 atom stereocenters. The van der Waals surface area contributed by atoms with Gasteiger partial charge in [-0.2, -0.15) is 0 Å². The Morgan fingerprint density at radius 1 is 1.17 bits per heavy atom. The molecule has 2 aromatic rings. The van der Waals surface area contributed by atoms with Gasteiger partial charge in [-0.15, -0.1) is 0 Å². The van der Waals surface area contributed by atoms with Crippen LogP contribution in [0, 0.1) is 10.1 Å². The summed E-state index contributed by atoms with van der Waals surface area (Å²) in [6.45, 7) is 0. The predicted molar refractivity (Wildman–Crippen MR) is 101 cm³/mol. The zero-order valence-corrected chi connectivity index (χ0v) is 15.5. The maximum atomic E-state index is 12.6. The van der Waals surface area contributed by atoms with Crippen molar-refractivity contribution < 1.29 is 29.1 Å². The largest absolute Gasteiger partial charge is 0.502 e. The molecule has 2 aromatic carbocycles. The highest BCUT2D eigenvalue weighted by molar-refractivity contribution is 6.04. The van der Waals surface area contributed by atoms with Crippen LogP contribution in [-0.4, -0.2) is 36.2 Å². The second-order valence-electron chi connectivity index (χ2n) is 6.05. The molecular weight excluding hydrogens is 382 g/mol. The number of benzene rings is 2. The highest BCUT2D eigenvalue weighted by Gasteiger charge is 2.35. The fourth-order valence-electron chi connectivity index (χ4n) is 3.00. The first-order chi connectivity index (χ1) is 13.8. The van der Waals surface area contributed by atoms with Gasteiger partial charge >= 0.3 is 17.7 Å². The predicted octanol–water partition coefficient (Wildman–Crippen LogP) is 2.25. The fourth-order valence-corrected chi connectivity index (χ4v) is 3.00. The molecule has 0 saturated heterocycles. The average Bonchev–Trinajstić information content (AvgIpc) is 2.72. The number of methoxy groups -OCH3 is 2. The normalized spacial score (nSPS) is 15.9. The number of phenols is 1. The lowest BCUT2D eigenvalue weighted by Crippen LogP contribution is -2.45. The first kappa shape index (κ1) is 19.7. The second kappa shape index (κ2) is 7.89. The van der Waals surface area contributed by atoms with Crippen molar-refractivity contribution in [2.45, 2.75) is 6.04 Å². The quantitative estimate of drug-likeness (QED) is 0.398. The van der Waals surface area contributed by atoms with Crippen molar-refractivity contribution >= 4 is 23.4 Å². The summed E-state index contributed by atoms with van der Waals surface area (Å²) >= 11 is 0. The third-order valence-electron chi connectivity index (χ3n) is 4.39. The molecule has 0 fully saturated rings. The van der Waals surface area contributed by atoms with Gasteiger partial charge in [0.2, 0.25) is 0 Å². The summed E-state index contributed by atoms with van der Waals surface area (Å²) in [5.41, 5.74) is 0.446. The molecule has 3 rings (SSSR count). The smallest absolute Gasteiger partial charge is 0.338 e. The number of phenolic OH excluding ortho intramolecular Hbond substituents is 1. The van der Waals surface area contributed by atoms with E-state index in [1.54, 1.807) is 24.3 Å². The molecule has 1 heterocycles. The average molecular weight is 399 g/mol. The van der Waals surface area contributed by atoms with Crippen molar-refractivity contribution in [2.75, 3.05) is 14.2 Å². The number of urea groups is 1. The van der Waals surface area contributed by atoms with Crippen LogP contribution in [0.1, 0.15) is 17.2 Å². The lowest BCUT2D eigenvalue weighted by Gasteiger charge is -2.29. The maximum absolute atomic E-state index is 12.6. The molecule has 29 heavy (non-hydrogen) atoms. The minimum atomic E-state index is -1.03. The summed E-state index contributed by atoms with van der Waals surface area (Å²) in [7, 11) is 2.70. The van der Waals surface area contributed by atoms with Gasteiger partial charge in [-0.05, 0) is 41.5 Å². The van der Waals surface area contributed by atoms with Crippen LogP contribution in [0.3, 0.4) is 0 Å². The molecule has 10 nitrogen and oxygen atoms in total. The Balaban J connectivity index is 2.19. The topological polar surface area (TPSA) is 140 Å². The summed E-state index contributed by atoms with van der Waals surface area (Å²) in [6.07, 6.45) is 0. The van der Waals surface area contributed by atoms with E-state index in [2.05, 4.69) is 10.6 Å². The second-order valence-corrected chi connectivity index (χ2v) is 6.05. The number of hydrogen-bond acceptors (Lipinski definition) is 7. The maximum Gasteiger partial charge on any atom is 0.338 e. The van der Waals surface area contributed by atoms with Crippen LogP contribution in [-0.2, 0) is 9.53 Å². The van der Waals surface area contributed by atoms with E-state index in [0.717, 1.165) is 12.1 Å². The van der Waals surface area contributed by atoms with Crippen molar-refractivity contribution in [3.8, 4) is 11.5 Å². The third kappa shape index (κ3) is 3.81. The van der Waals surface area contributed by atoms with E-state index in [9.17, 15) is 24.8 Å². The zero-order chi connectivity index (χ0) is 21.1. The van der Waals surface area contributed by atoms with Crippen molar-refractivity contribution in [1.29, 1.82) is 0 Å². The minimum absolute atomic E-state index is 0.0530. The van der Waals surface area contributed by atoms with Gasteiger partial charge in [0.1, 0.15) is 5.75 Å². The van der Waals surface area contributed by atoms with Gasteiger partial charge in [0.15, 0.2) is 5.75 Å². The van der Waals surface area contributed by atoms with Crippen molar-refractivity contribution in [1.82, 2.24) is 10.6 Å². The number of carbonyl (C=O) groups excluding carboxylic acids is 2. The van der Waals surface area contributed by atoms with Crippen LogP contribution in [0.5, 0.6) is 11.5 Å². The van der Waals surface area contributed by atoms with Gasteiger partial charge in [-0.1, -0.05) is 6.07 Å². The zero-order valence-electron chi connectivity index (χ0n) is 15.5. The van der Waals surface area contributed by atoms with Crippen molar-refractivity contribution in [3.05, 3.63) is 69.3 Å². The Morgan fingerprint density at radius 2 is 1.86 bits per heavy atom. The molecule has 0 aliphatic carbocycles. The number of hydrogen-bond donors (Lipinski definition) is 3. The molecular formula is C19H17N3O7. The van der Waals surface area contributed by atoms with Crippen LogP contribution in [0.15, 0.2) is 48.0 Å². The summed E-state index contributed by atoms with van der Waals surface area (Å²) in [4.78, 5) is 35.3. The number of esters is 1. The molecule has 2 amide bonds. The Labute approximate surface area is 164 Å². The number of nitro groups is 1. The van der Waals surface area contributed by atoms with Crippen LogP contribution >= 0.6 is 0 Å². The van der Waals surface area contributed by atoms with Crippen molar-refractivity contribution in [2.24, 2.45) is 0 Å². The molecule has 1 unspecified atom stereocenters. The van der Waals surface area contributed by atoms with Gasteiger partial charge < -0.3 is 25.2 Å². The summed E-state index contributed by atoms with van der Waals surface area (Å²) in [5, 5.41) is 26.0. The van der Waals surface area contributed by atoms with Crippen molar-refractivity contribution in [3.63, 3.8) is 0 Å². The van der Waals surface area contributed by atoms with Gasteiger partial charge in [0.25, 0.3) is 0 Å².